The Hall–Kier alpha value is -2.16. The summed E-state index contributed by atoms with van der Waals surface area (Å²) in [7, 11) is 0. The van der Waals surface area contributed by atoms with E-state index in [1.165, 1.54) is 12.3 Å². The normalized spacial score (nSPS) is 20.8. The van der Waals surface area contributed by atoms with Crippen molar-refractivity contribution in [2.45, 2.75) is 44.0 Å². The molecule has 9 heteroatoms. The molecule has 0 spiro atoms. The van der Waals surface area contributed by atoms with E-state index in [1.807, 2.05) is 6.08 Å². The Kier molecular flexibility index (Phi) is 8.73. The largest absolute Gasteiger partial charge is 0.462 e. The number of benzene rings is 1. The first-order valence-electron chi connectivity index (χ1n) is 11.1. The molecule has 2 fully saturated rings. The highest BCUT2D eigenvalue weighted by Gasteiger charge is 2.40. The van der Waals surface area contributed by atoms with Crippen molar-refractivity contribution in [2.24, 2.45) is 5.92 Å². The van der Waals surface area contributed by atoms with Crippen LogP contribution in [0.2, 0.25) is 0 Å². The molecular weight excluding hydrogens is 465 g/mol. The lowest BCUT2D eigenvalue weighted by molar-refractivity contribution is -0.126. The molecule has 2 atom stereocenters. The molecule has 2 unspecified atom stereocenters. The third-order valence-corrected chi connectivity index (χ3v) is 6.59. The fourth-order valence-electron chi connectivity index (χ4n) is 4.13. The molecule has 1 saturated heterocycles. The Balaban J connectivity index is 0.00000306. The van der Waals surface area contributed by atoms with Crippen LogP contribution < -0.4 is 0 Å². The Morgan fingerprint density at radius 1 is 1.30 bits per heavy atom. The molecule has 1 aromatic carbocycles. The molecule has 2 aliphatic rings. The SMILES string of the molecule is CCOC(=O)c1cnn(C/C=C2/CN(C(C(=O)C3CC3)c3ccccc3F)CCC2S)c1.Cl. The minimum absolute atomic E-state index is 0. The number of ether oxygens (including phenoxy) is 1. The quantitative estimate of drug-likeness (QED) is 0.338. The minimum Gasteiger partial charge on any atom is -0.462 e. The van der Waals surface area contributed by atoms with Gasteiger partial charge < -0.3 is 4.74 Å². The van der Waals surface area contributed by atoms with E-state index in [4.69, 9.17) is 17.4 Å². The van der Waals surface area contributed by atoms with E-state index in [-0.39, 0.29) is 35.2 Å². The molecule has 1 aromatic heterocycles. The molecule has 2 heterocycles. The summed E-state index contributed by atoms with van der Waals surface area (Å²) >= 11 is 4.73. The highest BCUT2D eigenvalue weighted by atomic mass is 35.5. The standard InChI is InChI=1S/C24H28FN3O3S.ClH/c1-2-31-24(30)18-13-26-28(15-18)12-9-17-14-27(11-10-21(17)32)22(23(29)16-7-8-16)19-5-3-4-6-20(19)25;/h3-6,9,13,15-16,21-22,32H,2,7-8,10-12,14H2,1H3;1H/b17-9-;. The average Bonchev–Trinajstić information content (AvgIpc) is 3.53. The molecule has 6 nitrogen and oxygen atoms in total. The molecule has 0 N–H and O–H groups in total. The summed E-state index contributed by atoms with van der Waals surface area (Å²) in [5.41, 5.74) is 1.93. The van der Waals surface area contributed by atoms with Gasteiger partial charge in [-0.1, -0.05) is 24.3 Å². The van der Waals surface area contributed by atoms with Crippen molar-refractivity contribution in [3.05, 3.63) is 65.3 Å². The molecule has 0 radical (unpaired) electrons. The fraction of sp³-hybridized carbons (Fsp3) is 0.458. The Bertz CT molecular complexity index is 1020. The lowest BCUT2D eigenvalue weighted by Gasteiger charge is -2.37. The zero-order valence-corrected chi connectivity index (χ0v) is 20.2. The summed E-state index contributed by atoms with van der Waals surface area (Å²) in [6, 6.07) is 6.00. The topological polar surface area (TPSA) is 64.4 Å². The van der Waals surface area contributed by atoms with Gasteiger partial charge in [-0.15, -0.1) is 12.4 Å². The van der Waals surface area contributed by atoms with E-state index in [1.54, 1.807) is 36.0 Å². The van der Waals surface area contributed by atoms with Gasteiger partial charge in [0, 0.05) is 36.0 Å². The molecular formula is C24H29ClFN3O3S. The zero-order chi connectivity index (χ0) is 22.7. The van der Waals surface area contributed by atoms with Gasteiger partial charge in [0.25, 0.3) is 0 Å². The number of Topliss-reactive ketones (excluding diaryl/α,β-unsaturated/α-hetero) is 1. The van der Waals surface area contributed by atoms with Gasteiger partial charge in [0.15, 0.2) is 5.78 Å². The number of hydrogen-bond acceptors (Lipinski definition) is 6. The van der Waals surface area contributed by atoms with Gasteiger partial charge >= 0.3 is 5.97 Å². The predicted molar refractivity (Wildman–Crippen MR) is 129 cm³/mol. The average molecular weight is 494 g/mol. The maximum absolute atomic E-state index is 14.6. The highest BCUT2D eigenvalue weighted by Crippen LogP contribution is 2.39. The number of carbonyl (C=O) groups excluding carboxylic acids is 2. The van der Waals surface area contributed by atoms with Crippen LogP contribution >= 0.6 is 25.0 Å². The van der Waals surface area contributed by atoms with Crippen LogP contribution in [0, 0.1) is 11.7 Å². The lowest BCUT2D eigenvalue weighted by atomic mass is 9.93. The van der Waals surface area contributed by atoms with Gasteiger partial charge in [-0.2, -0.15) is 17.7 Å². The number of nitrogens with zero attached hydrogens (tertiary/aromatic N) is 3. The van der Waals surface area contributed by atoms with Gasteiger partial charge in [-0.3, -0.25) is 14.4 Å². The van der Waals surface area contributed by atoms with Crippen LogP contribution in [-0.2, 0) is 16.1 Å². The van der Waals surface area contributed by atoms with Crippen LogP contribution in [0.15, 0.2) is 48.3 Å². The van der Waals surface area contributed by atoms with Crippen LogP contribution in [0.4, 0.5) is 4.39 Å². The molecule has 33 heavy (non-hydrogen) atoms. The van der Waals surface area contributed by atoms with Crippen molar-refractivity contribution in [1.29, 1.82) is 0 Å². The molecule has 0 amide bonds. The van der Waals surface area contributed by atoms with Crippen LogP contribution in [0.5, 0.6) is 0 Å². The number of likely N-dealkylation sites (tertiary alicyclic amines) is 1. The summed E-state index contributed by atoms with van der Waals surface area (Å²) in [5, 5.41) is 4.29. The molecule has 2 aromatic rings. The Morgan fingerprint density at radius 2 is 2.06 bits per heavy atom. The fourth-order valence-corrected chi connectivity index (χ4v) is 4.43. The van der Waals surface area contributed by atoms with E-state index in [0.29, 0.717) is 37.4 Å². The number of halogens is 2. The summed E-state index contributed by atoms with van der Waals surface area (Å²) < 4.78 is 21.3. The summed E-state index contributed by atoms with van der Waals surface area (Å²) in [6.07, 6.45) is 7.72. The summed E-state index contributed by atoms with van der Waals surface area (Å²) in [5.74, 6) is -0.592. The van der Waals surface area contributed by atoms with Gasteiger partial charge in [0.2, 0.25) is 0 Å². The zero-order valence-electron chi connectivity index (χ0n) is 18.5. The first-order chi connectivity index (χ1) is 15.5. The Labute approximate surface area is 205 Å². The number of esters is 1. The Morgan fingerprint density at radius 3 is 2.76 bits per heavy atom. The van der Waals surface area contributed by atoms with Gasteiger partial charge in [0.1, 0.15) is 5.82 Å². The van der Waals surface area contributed by atoms with E-state index >= 15 is 0 Å². The first kappa shape index (κ1) is 25.5. The van der Waals surface area contributed by atoms with Crippen molar-refractivity contribution in [3.8, 4) is 0 Å². The molecule has 0 bridgehead atoms. The van der Waals surface area contributed by atoms with Crippen molar-refractivity contribution < 1.29 is 18.7 Å². The molecule has 178 valence electrons. The smallest absolute Gasteiger partial charge is 0.341 e. The molecule has 1 aliphatic carbocycles. The third-order valence-electron chi connectivity index (χ3n) is 6.00. The van der Waals surface area contributed by atoms with Crippen LogP contribution in [0.1, 0.15) is 48.1 Å². The van der Waals surface area contributed by atoms with E-state index in [0.717, 1.165) is 24.8 Å². The summed E-state index contributed by atoms with van der Waals surface area (Å²) in [6.45, 7) is 3.76. The van der Waals surface area contributed by atoms with E-state index in [9.17, 15) is 14.0 Å². The molecule has 1 saturated carbocycles. The second-order valence-electron chi connectivity index (χ2n) is 8.33. The second-order valence-corrected chi connectivity index (χ2v) is 8.95. The van der Waals surface area contributed by atoms with Gasteiger partial charge in [-0.25, -0.2) is 9.18 Å². The second kappa shape index (κ2) is 11.3. The number of aromatic nitrogens is 2. The number of piperidine rings is 1. The van der Waals surface area contributed by atoms with Crippen molar-refractivity contribution in [2.75, 3.05) is 19.7 Å². The predicted octanol–water partition coefficient (Wildman–Crippen LogP) is 4.27. The monoisotopic (exact) mass is 493 g/mol. The number of rotatable bonds is 8. The minimum atomic E-state index is -0.576. The first-order valence-corrected chi connectivity index (χ1v) is 11.6. The van der Waals surface area contributed by atoms with Crippen molar-refractivity contribution >= 4 is 36.8 Å². The highest BCUT2D eigenvalue weighted by molar-refractivity contribution is 7.81. The number of hydrogen-bond donors (Lipinski definition) is 1. The maximum atomic E-state index is 14.6. The molecule has 4 rings (SSSR count). The van der Waals surface area contributed by atoms with Crippen molar-refractivity contribution in [1.82, 2.24) is 14.7 Å². The number of allylic oxidation sites excluding steroid dienone is 1. The van der Waals surface area contributed by atoms with Gasteiger partial charge in [0.05, 0.1) is 31.0 Å². The van der Waals surface area contributed by atoms with Crippen LogP contribution in [0.25, 0.3) is 0 Å². The van der Waals surface area contributed by atoms with Crippen LogP contribution in [-0.4, -0.2) is 51.4 Å². The van der Waals surface area contributed by atoms with Crippen molar-refractivity contribution in [3.63, 3.8) is 0 Å². The lowest BCUT2D eigenvalue weighted by Crippen LogP contribution is -2.42. The van der Waals surface area contributed by atoms with E-state index < -0.39 is 12.0 Å². The van der Waals surface area contributed by atoms with Crippen LogP contribution in [0.3, 0.4) is 0 Å². The number of ketones is 1. The maximum Gasteiger partial charge on any atom is 0.341 e. The number of carbonyl (C=O) groups is 2. The van der Waals surface area contributed by atoms with Gasteiger partial charge in [-0.05, 0) is 37.8 Å². The summed E-state index contributed by atoms with van der Waals surface area (Å²) in [4.78, 5) is 27.1. The number of thiol groups is 1. The molecule has 1 aliphatic heterocycles. The third kappa shape index (κ3) is 6.05. The van der Waals surface area contributed by atoms with E-state index in [2.05, 4.69) is 10.00 Å².